The van der Waals surface area contributed by atoms with Crippen molar-refractivity contribution in [1.82, 2.24) is 14.8 Å². The molecular formula is C20H23N3O2. The van der Waals surface area contributed by atoms with Crippen molar-refractivity contribution in [2.75, 3.05) is 27.2 Å². The Hall–Kier alpha value is -2.82. The first kappa shape index (κ1) is 17.0. The number of aromatic nitrogens is 1. The Morgan fingerprint density at radius 2 is 1.80 bits per heavy atom. The molecule has 0 atom stereocenters. The second-order valence-electron chi connectivity index (χ2n) is 6.45. The third-order valence-electron chi connectivity index (χ3n) is 4.36. The van der Waals surface area contributed by atoms with Crippen molar-refractivity contribution in [3.63, 3.8) is 0 Å². The Balaban J connectivity index is 1.97. The molecule has 2 amide bonds. The molecule has 2 aromatic carbocycles. The Morgan fingerprint density at radius 3 is 2.52 bits per heavy atom. The number of nitrogens with one attached hydrogen (secondary N) is 1. The summed E-state index contributed by atoms with van der Waals surface area (Å²) in [6.07, 6.45) is 0.801. The van der Waals surface area contributed by atoms with E-state index in [0.717, 1.165) is 28.1 Å². The van der Waals surface area contributed by atoms with Crippen molar-refractivity contribution < 1.29 is 9.59 Å². The van der Waals surface area contributed by atoms with E-state index in [1.807, 2.05) is 37.3 Å². The van der Waals surface area contributed by atoms with Gasteiger partial charge in [-0.3, -0.25) is 9.59 Å². The van der Waals surface area contributed by atoms with Gasteiger partial charge in [-0.1, -0.05) is 37.3 Å². The van der Waals surface area contributed by atoms with E-state index in [0.29, 0.717) is 12.2 Å². The monoisotopic (exact) mass is 337 g/mol. The lowest BCUT2D eigenvalue weighted by molar-refractivity contribution is -0.129. The maximum atomic E-state index is 12.9. The van der Waals surface area contributed by atoms with Gasteiger partial charge in [0, 0.05) is 31.5 Å². The fourth-order valence-electron chi connectivity index (χ4n) is 3.00. The number of hydrogen-bond donors (Lipinski definition) is 1. The van der Waals surface area contributed by atoms with Gasteiger partial charge in [0.05, 0.1) is 0 Å². The Morgan fingerprint density at radius 1 is 1.04 bits per heavy atom. The van der Waals surface area contributed by atoms with E-state index in [1.54, 1.807) is 19.0 Å². The second kappa shape index (κ2) is 6.97. The molecule has 0 saturated heterocycles. The average Bonchev–Trinajstić information content (AvgIpc) is 3.05. The van der Waals surface area contributed by atoms with Gasteiger partial charge in [0.1, 0.15) is 12.2 Å². The van der Waals surface area contributed by atoms with Crippen molar-refractivity contribution >= 4 is 33.5 Å². The topological polar surface area (TPSA) is 56.4 Å². The second-order valence-corrected chi connectivity index (χ2v) is 6.45. The van der Waals surface area contributed by atoms with Crippen molar-refractivity contribution in [1.29, 1.82) is 0 Å². The number of likely N-dealkylation sites (N-methyl/N-ethyl adjacent to an activating group) is 1. The molecule has 1 aromatic heterocycles. The highest BCUT2D eigenvalue weighted by molar-refractivity contribution is 6.10. The molecule has 0 bridgehead atoms. The summed E-state index contributed by atoms with van der Waals surface area (Å²) in [6.45, 7) is 2.64. The first-order valence-corrected chi connectivity index (χ1v) is 8.51. The van der Waals surface area contributed by atoms with Gasteiger partial charge < -0.3 is 14.8 Å². The molecule has 5 nitrogen and oxygen atoms in total. The fourth-order valence-corrected chi connectivity index (χ4v) is 3.00. The van der Waals surface area contributed by atoms with Gasteiger partial charge in [-0.15, -0.1) is 0 Å². The summed E-state index contributed by atoms with van der Waals surface area (Å²) < 4.78 is 0. The van der Waals surface area contributed by atoms with E-state index < -0.39 is 0 Å². The smallest absolute Gasteiger partial charge is 0.270 e. The van der Waals surface area contributed by atoms with Crippen LogP contribution in [0.5, 0.6) is 0 Å². The van der Waals surface area contributed by atoms with Crippen molar-refractivity contribution in [3.05, 3.63) is 48.2 Å². The minimum atomic E-state index is -0.141. The molecular weight excluding hydrogens is 314 g/mol. The quantitative estimate of drug-likeness (QED) is 0.777. The van der Waals surface area contributed by atoms with Gasteiger partial charge >= 0.3 is 0 Å². The van der Waals surface area contributed by atoms with Crippen LogP contribution in [0.2, 0.25) is 0 Å². The van der Waals surface area contributed by atoms with E-state index in [2.05, 4.69) is 17.1 Å². The molecule has 1 N–H and O–H groups in total. The number of carbonyl (C=O) groups excluding carboxylic acids is 2. The predicted octanol–water partition coefficient (Wildman–Crippen LogP) is 3.26. The number of H-pyrrole nitrogens is 1. The number of benzene rings is 2. The summed E-state index contributed by atoms with van der Waals surface area (Å²) >= 11 is 0. The summed E-state index contributed by atoms with van der Waals surface area (Å²) in [6, 6.07) is 14.0. The number of aromatic amines is 1. The molecule has 3 rings (SSSR count). The number of nitrogens with zero attached hydrogens (tertiary/aromatic N) is 2. The normalized spacial score (nSPS) is 11.0. The van der Waals surface area contributed by atoms with E-state index in [9.17, 15) is 9.59 Å². The average molecular weight is 337 g/mol. The molecule has 0 fully saturated rings. The predicted molar refractivity (Wildman–Crippen MR) is 101 cm³/mol. The number of hydrogen-bond acceptors (Lipinski definition) is 2. The molecule has 0 aliphatic rings. The highest BCUT2D eigenvalue weighted by Gasteiger charge is 2.21. The lowest BCUT2D eigenvalue weighted by atomic mass is 10.1. The van der Waals surface area contributed by atoms with Gasteiger partial charge in [-0.05, 0) is 29.3 Å². The number of fused-ring (bicyclic) bond motifs is 3. The van der Waals surface area contributed by atoms with Crippen LogP contribution in [-0.4, -0.2) is 53.8 Å². The molecule has 0 aliphatic carbocycles. The fraction of sp³-hybridized carbons (Fsp3) is 0.300. The molecule has 0 unspecified atom stereocenters. The molecule has 3 aromatic rings. The highest BCUT2D eigenvalue weighted by atomic mass is 16.2. The third kappa shape index (κ3) is 3.36. The van der Waals surface area contributed by atoms with E-state index in [1.165, 1.54) is 4.90 Å². The van der Waals surface area contributed by atoms with Crippen LogP contribution in [-0.2, 0) is 4.79 Å². The minimum Gasteiger partial charge on any atom is -0.351 e. The van der Waals surface area contributed by atoms with E-state index in [-0.39, 0.29) is 18.4 Å². The summed E-state index contributed by atoms with van der Waals surface area (Å²) in [5.74, 6) is -0.222. The molecule has 1 heterocycles. The van der Waals surface area contributed by atoms with E-state index >= 15 is 0 Å². The zero-order chi connectivity index (χ0) is 18.0. The zero-order valence-corrected chi connectivity index (χ0v) is 14.9. The van der Waals surface area contributed by atoms with Crippen LogP contribution in [0.3, 0.4) is 0 Å². The van der Waals surface area contributed by atoms with Crippen LogP contribution >= 0.6 is 0 Å². The summed E-state index contributed by atoms with van der Waals surface area (Å²) in [5, 5.41) is 3.28. The van der Waals surface area contributed by atoms with Gasteiger partial charge in [-0.25, -0.2) is 0 Å². The van der Waals surface area contributed by atoms with Gasteiger partial charge in [0.25, 0.3) is 5.91 Å². The maximum absolute atomic E-state index is 12.9. The number of carbonyl (C=O) groups is 2. The molecule has 5 heteroatoms. The first-order valence-electron chi connectivity index (χ1n) is 8.51. The van der Waals surface area contributed by atoms with Gasteiger partial charge in [0.15, 0.2) is 0 Å². The van der Waals surface area contributed by atoms with Crippen LogP contribution in [0.4, 0.5) is 0 Å². The van der Waals surface area contributed by atoms with Crippen LogP contribution in [0.15, 0.2) is 42.5 Å². The lowest BCUT2D eigenvalue weighted by Gasteiger charge is -2.22. The van der Waals surface area contributed by atoms with Crippen LogP contribution in [0.25, 0.3) is 21.7 Å². The molecule has 0 spiro atoms. The Labute approximate surface area is 147 Å². The molecule has 0 aliphatic heterocycles. The lowest BCUT2D eigenvalue weighted by Crippen LogP contribution is -2.40. The van der Waals surface area contributed by atoms with Gasteiger partial charge in [0.2, 0.25) is 5.91 Å². The Bertz CT molecular complexity index is 927. The van der Waals surface area contributed by atoms with Crippen LogP contribution in [0.1, 0.15) is 23.8 Å². The Kier molecular flexibility index (Phi) is 4.74. The SMILES string of the molecule is CCCN(CC(=O)N(C)C)C(=O)c1cc2c(ccc3ccccc32)[nH]1. The first-order chi connectivity index (χ1) is 12.0. The van der Waals surface area contributed by atoms with Crippen molar-refractivity contribution in [2.24, 2.45) is 0 Å². The molecule has 130 valence electrons. The standard InChI is InChI=1S/C20H23N3O2/c1-4-11-23(13-19(24)22(2)3)20(25)18-12-16-15-8-6-5-7-14(15)9-10-17(16)21-18/h5-10,12,21H,4,11,13H2,1-3H3. The molecule has 0 saturated carbocycles. The largest absolute Gasteiger partial charge is 0.351 e. The highest BCUT2D eigenvalue weighted by Crippen LogP contribution is 2.26. The minimum absolute atomic E-state index is 0.0802. The third-order valence-corrected chi connectivity index (χ3v) is 4.36. The molecule has 25 heavy (non-hydrogen) atoms. The molecule has 0 radical (unpaired) electrons. The summed E-state index contributed by atoms with van der Waals surface area (Å²) in [5.41, 5.74) is 1.45. The van der Waals surface area contributed by atoms with Crippen LogP contribution < -0.4 is 0 Å². The van der Waals surface area contributed by atoms with Crippen molar-refractivity contribution in [2.45, 2.75) is 13.3 Å². The van der Waals surface area contributed by atoms with E-state index in [4.69, 9.17) is 0 Å². The summed E-state index contributed by atoms with van der Waals surface area (Å²) in [4.78, 5) is 31.3. The number of rotatable bonds is 5. The van der Waals surface area contributed by atoms with Gasteiger partial charge in [-0.2, -0.15) is 0 Å². The maximum Gasteiger partial charge on any atom is 0.270 e. The number of amides is 2. The van der Waals surface area contributed by atoms with Crippen LogP contribution in [0, 0.1) is 0 Å². The summed E-state index contributed by atoms with van der Waals surface area (Å²) in [7, 11) is 3.40. The zero-order valence-electron chi connectivity index (χ0n) is 14.9. The van der Waals surface area contributed by atoms with Crippen molar-refractivity contribution in [3.8, 4) is 0 Å².